The first-order valence-corrected chi connectivity index (χ1v) is 7.06. The molecule has 0 saturated heterocycles. The summed E-state index contributed by atoms with van der Waals surface area (Å²) in [5.41, 5.74) is 7.27. The number of hydrogen-bond donors (Lipinski definition) is 1. The average Bonchev–Trinajstić information content (AvgIpc) is 2.52. The van der Waals surface area contributed by atoms with Gasteiger partial charge in [-0.05, 0) is 41.8 Å². The van der Waals surface area contributed by atoms with E-state index in [0.29, 0.717) is 19.0 Å². The van der Waals surface area contributed by atoms with Crippen molar-refractivity contribution < 1.29 is 13.9 Å². The van der Waals surface area contributed by atoms with Crippen LogP contribution in [0.2, 0.25) is 0 Å². The molecule has 2 aromatic rings. The van der Waals surface area contributed by atoms with E-state index in [0.717, 1.165) is 23.3 Å². The SMILES string of the molecule is CCCOc1ccccc1OCc1ccc(F)cc1CN. The number of halogens is 1. The molecule has 0 atom stereocenters. The minimum atomic E-state index is -0.286. The molecule has 2 rings (SSSR count). The highest BCUT2D eigenvalue weighted by Crippen LogP contribution is 2.27. The summed E-state index contributed by atoms with van der Waals surface area (Å²) in [5, 5.41) is 0. The first-order valence-electron chi connectivity index (χ1n) is 7.06. The van der Waals surface area contributed by atoms with Gasteiger partial charge >= 0.3 is 0 Å². The standard InChI is InChI=1S/C17H20FNO2/c1-2-9-20-16-5-3-4-6-17(16)21-12-13-7-8-15(18)10-14(13)11-19/h3-8,10H,2,9,11-12,19H2,1H3. The molecule has 0 saturated carbocycles. The number of nitrogens with two attached hydrogens (primary N) is 1. The molecule has 3 nitrogen and oxygen atoms in total. The van der Waals surface area contributed by atoms with Gasteiger partial charge in [0.05, 0.1) is 6.61 Å². The Morgan fingerprint density at radius 3 is 2.38 bits per heavy atom. The van der Waals surface area contributed by atoms with Crippen LogP contribution >= 0.6 is 0 Å². The summed E-state index contributed by atoms with van der Waals surface area (Å²) >= 11 is 0. The molecule has 4 heteroatoms. The lowest BCUT2D eigenvalue weighted by Gasteiger charge is -2.13. The molecule has 0 unspecified atom stereocenters. The predicted molar refractivity (Wildman–Crippen MR) is 80.9 cm³/mol. The van der Waals surface area contributed by atoms with E-state index in [4.69, 9.17) is 15.2 Å². The summed E-state index contributed by atoms with van der Waals surface area (Å²) < 4.78 is 24.6. The molecule has 0 aliphatic heterocycles. The Kier molecular flexibility index (Phi) is 5.58. The third-order valence-electron chi connectivity index (χ3n) is 3.08. The van der Waals surface area contributed by atoms with Crippen LogP contribution in [-0.4, -0.2) is 6.61 Å². The Morgan fingerprint density at radius 1 is 1.00 bits per heavy atom. The van der Waals surface area contributed by atoms with Gasteiger partial charge in [-0.25, -0.2) is 4.39 Å². The van der Waals surface area contributed by atoms with Crippen LogP contribution in [0.1, 0.15) is 24.5 Å². The number of hydrogen-bond acceptors (Lipinski definition) is 3. The van der Waals surface area contributed by atoms with Crippen molar-refractivity contribution in [3.8, 4) is 11.5 Å². The van der Waals surface area contributed by atoms with Crippen LogP contribution in [0.4, 0.5) is 4.39 Å². The largest absolute Gasteiger partial charge is 0.490 e. The summed E-state index contributed by atoms with van der Waals surface area (Å²) in [6.07, 6.45) is 0.934. The number of ether oxygens (including phenoxy) is 2. The topological polar surface area (TPSA) is 44.5 Å². The maximum Gasteiger partial charge on any atom is 0.161 e. The number of benzene rings is 2. The summed E-state index contributed by atoms with van der Waals surface area (Å²) in [4.78, 5) is 0. The Bertz CT molecular complexity index is 587. The fraction of sp³-hybridized carbons (Fsp3) is 0.294. The highest BCUT2D eigenvalue weighted by molar-refractivity contribution is 5.40. The van der Waals surface area contributed by atoms with Crippen LogP contribution < -0.4 is 15.2 Å². The zero-order valence-corrected chi connectivity index (χ0v) is 12.1. The van der Waals surface area contributed by atoms with E-state index in [1.807, 2.05) is 24.3 Å². The van der Waals surface area contributed by atoms with Crippen LogP contribution in [0.15, 0.2) is 42.5 Å². The first-order chi connectivity index (χ1) is 10.2. The van der Waals surface area contributed by atoms with Crippen LogP contribution in [0.5, 0.6) is 11.5 Å². The van der Waals surface area contributed by atoms with Crippen LogP contribution in [0.25, 0.3) is 0 Å². The zero-order valence-electron chi connectivity index (χ0n) is 12.1. The van der Waals surface area contributed by atoms with E-state index in [-0.39, 0.29) is 12.4 Å². The van der Waals surface area contributed by atoms with Crippen LogP contribution in [-0.2, 0) is 13.2 Å². The zero-order chi connectivity index (χ0) is 15.1. The lowest BCUT2D eigenvalue weighted by molar-refractivity contribution is 0.261. The lowest BCUT2D eigenvalue weighted by Crippen LogP contribution is -2.06. The van der Waals surface area contributed by atoms with Gasteiger partial charge in [-0.3, -0.25) is 0 Å². The summed E-state index contributed by atoms with van der Waals surface area (Å²) in [6, 6.07) is 12.1. The normalized spacial score (nSPS) is 10.4. The molecule has 0 fully saturated rings. The molecular weight excluding hydrogens is 269 g/mol. The van der Waals surface area contributed by atoms with Gasteiger partial charge in [-0.2, -0.15) is 0 Å². The number of rotatable bonds is 7. The Hall–Kier alpha value is -2.07. The highest BCUT2D eigenvalue weighted by atomic mass is 19.1. The van der Waals surface area contributed by atoms with E-state index in [1.54, 1.807) is 6.07 Å². The summed E-state index contributed by atoms with van der Waals surface area (Å²) in [7, 11) is 0. The maximum absolute atomic E-state index is 13.2. The molecule has 2 aromatic carbocycles. The van der Waals surface area contributed by atoms with Crippen LogP contribution in [0, 0.1) is 5.82 Å². The molecule has 21 heavy (non-hydrogen) atoms. The van der Waals surface area contributed by atoms with E-state index in [2.05, 4.69) is 6.92 Å². The van der Waals surface area contributed by atoms with Crippen LogP contribution in [0.3, 0.4) is 0 Å². The van der Waals surface area contributed by atoms with Crippen molar-refractivity contribution in [2.24, 2.45) is 5.73 Å². The predicted octanol–water partition coefficient (Wildman–Crippen LogP) is 3.65. The van der Waals surface area contributed by atoms with Gasteiger partial charge in [0, 0.05) is 6.54 Å². The average molecular weight is 289 g/mol. The Morgan fingerprint density at radius 2 is 1.71 bits per heavy atom. The van der Waals surface area contributed by atoms with E-state index >= 15 is 0 Å². The lowest BCUT2D eigenvalue weighted by atomic mass is 10.1. The Labute approximate surface area is 124 Å². The highest BCUT2D eigenvalue weighted by Gasteiger charge is 2.07. The summed E-state index contributed by atoms with van der Waals surface area (Å²) in [6.45, 7) is 3.31. The Balaban J connectivity index is 2.09. The minimum Gasteiger partial charge on any atom is -0.490 e. The molecule has 112 valence electrons. The van der Waals surface area contributed by atoms with E-state index < -0.39 is 0 Å². The molecule has 0 spiro atoms. The third-order valence-corrected chi connectivity index (χ3v) is 3.08. The van der Waals surface area contributed by atoms with Crippen molar-refractivity contribution in [3.05, 3.63) is 59.4 Å². The molecular formula is C17H20FNO2. The maximum atomic E-state index is 13.2. The molecule has 0 aliphatic carbocycles. The molecule has 0 aliphatic rings. The van der Waals surface area contributed by atoms with Gasteiger partial charge in [0.15, 0.2) is 11.5 Å². The van der Waals surface area contributed by atoms with Crippen molar-refractivity contribution in [2.45, 2.75) is 26.5 Å². The fourth-order valence-electron chi connectivity index (χ4n) is 1.98. The number of para-hydroxylation sites is 2. The van der Waals surface area contributed by atoms with Gasteiger partial charge in [0.25, 0.3) is 0 Å². The van der Waals surface area contributed by atoms with Gasteiger partial charge in [0.1, 0.15) is 12.4 Å². The van der Waals surface area contributed by atoms with Gasteiger partial charge < -0.3 is 15.2 Å². The molecule has 0 aromatic heterocycles. The van der Waals surface area contributed by atoms with Crippen molar-refractivity contribution in [2.75, 3.05) is 6.61 Å². The van der Waals surface area contributed by atoms with Crippen molar-refractivity contribution in [1.29, 1.82) is 0 Å². The first kappa shape index (κ1) is 15.3. The van der Waals surface area contributed by atoms with Crippen molar-refractivity contribution >= 4 is 0 Å². The third kappa shape index (κ3) is 4.20. The molecule has 0 amide bonds. The molecule has 0 radical (unpaired) electrons. The van der Waals surface area contributed by atoms with Crippen molar-refractivity contribution in [3.63, 3.8) is 0 Å². The second-order valence-corrected chi connectivity index (χ2v) is 4.70. The molecule has 2 N–H and O–H groups in total. The summed E-state index contributed by atoms with van der Waals surface area (Å²) in [5.74, 6) is 1.11. The fourth-order valence-corrected chi connectivity index (χ4v) is 1.98. The van der Waals surface area contributed by atoms with E-state index in [1.165, 1.54) is 12.1 Å². The molecule has 0 bridgehead atoms. The van der Waals surface area contributed by atoms with Crippen molar-refractivity contribution in [1.82, 2.24) is 0 Å². The quantitative estimate of drug-likeness (QED) is 0.846. The van der Waals surface area contributed by atoms with Gasteiger partial charge in [-0.15, -0.1) is 0 Å². The van der Waals surface area contributed by atoms with E-state index in [9.17, 15) is 4.39 Å². The van der Waals surface area contributed by atoms with Gasteiger partial charge in [0.2, 0.25) is 0 Å². The second kappa shape index (κ2) is 7.64. The monoisotopic (exact) mass is 289 g/mol. The second-order valence-electron chi connectivity index (χ2n) is 4.70. The van der Waals surface area contributed by atoms with Gasteiger partial charge in [-0.1, -0.05) is 25.1 Å². The smallest absolute Gasteiger partial charge is 0.161 e. The minimum absolute atomic E-state index is 0.282. The molecule has 0 heterocycles.